The van der Waals surface area contributed by atoms with Crippen LogP contribution < -0.4 is 5.73 Å². The minimum absolute atomic E-state index is 0. The first kappa shape index (κ1) is 9.88. The lowest BCUT2D eigenvalue weighted by atomic mass is 10.4. The van der Waals surface area contributed by atoms with Crippen molar-refractivity contribution < 1.29 is 0 Å². The SMILES string of the molecule is Cc1csc(CCN)n1.Cl. The van der Waals surface area contributed by atoms with Crippen molar-refractivity contribution in [1.82, 2.24) is 4.98 Å². The van der Waals surface area contributed by atoms with E-state index in [1.165, 1.54) is 0 Å². The van der Waals surface area contributed by atoms with Gasteiger partial charge in [-0.05, 0) is 13.5 Å². The molecule has 2 nitrogen and oxygen atoms in total. The first-order chi connectivity index (χ1) is 4.33. The number of aryl methyl sites for hydroxylation is 1. The summed E-state index contributed by atoms with van der Waals surface area (Å²) in [7, 11) is 0. The van der Waals surface area contributed by atoms with Gasteiger partial charge in [0.25, 0.3) is 0 Å². The predicted molar refractivity (Wildman–Crippen MR) is 46.9 cm³/mol. The molecule has 0 saturated carbocycles. The Kier molecular flexibility index (Phi) is 4.60. The quantitative estimate of drug-likeness (QED) is 0.743. The Morgan fingerprint density at radius 2 is 2.40 bits per heavy atom. The number of hydrogen-bond acceptors (Lipinski definition) is 3. The van der Waals surface area contributed by atoms with E-state index in [4.69, 9.17) is 5.73 Å². The fourth-order valence-electron chi connectivity index (χ4n) is 0.641. The van der Waals surface area contributed by atoms with E-state index >= 15 is 0 Å². The first-order valence-corrected chi connectivity index (χ1v) is 3.82. The Morgan fingerprint density at radius 3 is 2.80 bits per heavy atom. The highest BCUT2D eigenvalue weighted by atomic mass is 35.5. The smallest absolute Gasteiger partial charge is 0.0940 e. The van der Waals surface area contributed by atoms with Crippen molar-refractivity contribution in [3.8, 4) is 0 Å². The Bertz CT molecular complexity index is 188. The molecule has 2 N–H and O–H groups in total. The molecule has 0 atom stereocenters. The maximum atomic E-state index is 5.34. The summed E-state index contributed by atoms with van der Waals surface area (Å²) in [6.07, 6.45) is 0.915. The summed E-state index contributed by atoms with van der Waals surface area (Å²) in [6.45, 7) is 2.70. The second-order valence-electron chi connectivity index (χ2n) is 1.92. The van der Waals surface area contributed by atoms with Crippen LogP contribution in [0.25, 0.3) is 0 Å². The molecule has 0 amide bonds. The molecule has 4 heteroatoms. The summed E-state index contributed by atoms with van der Waals surface area (Å²) in [6, 6.07) is 0. The van der Waals surface area contributed by atoms with E-state index in [2.05, 4.69) is 4.98 Å². The number of aromatic nitrogens is 1. The summed E-state index contributed by atoms with van der Waals surface area (Å²) < 4.78 is 0. The van der Waals surface area contributed by atoms with Crippen LogP contribution in [0, 0.1) is 6.92 Å². The van der Waals surface area contributed by atoms with Gasteiger partial charge in [-0.25, -0.2) is 4.98 Å². The summed E-state index contributed by atoms with van der Waals surface area (Å²) in [5.41, 5.74) is 6.44. The van der Waals surface area contributed by atoms with Gasteiger partial charge < -0.3 is 5.73 Å². The van der Waals surface area contributed by atoms with E-state index in [1.807, 2.05) is 12.3 Å². The molecule has 1 aromatic heterocycles. The largest absolute Gasteiger partial charge is 0.330 e. The molecule has 0 spiro atoms. The molecule has 10 heavy (non-hydrogen) atoms. The van der Waals surface area contributed by atoms with Crippen molar-refractivity contribution in [2.24, 2.45) is 5.73 Å². The monoisotopic (exact) mass is 178 g/mol. The lowest BCUT2D eigenvalue weighted by molar-refractivity contribution is 0.945. The third-order valence-corrected chi connectivity index (χ3v) is 2.05. The molecular weight excluding hydrogens is 168 g/mol. The highest BCUT2D eigenvalue weighted by Crippen LogP contribution is 2.07. The molecule has 1 heterocycles. The lowest BCUT2D eigenvalue weighted by Gasteiger charge is -1.85. The van der Waals surface area contributed by atoms with Gasteiger partial charge in [-0.1, -0.05) is 0 Å². The standard InChI is InChI=1S/C6H10N2S.ClH/c1-5-4-9-6(8-5)2-3-7;/h4H,2-3,7H2,1H3;1H. The second-order valence-corrected chi connectivity index (χ2v) is 2.86. The van der Waals surface area contributed by atoms with Crippen molar-refractivity contribution in [1.29, 1.82) is 0 Å². The summed E-state index contributed by atoms with van der Waals surface area (Å²) in [4.78, 5) is 4.24. The molecule has 1 rings (SSSR count). The van der Waals surface area contributed by atoms with Crippen LogP contribution in [-0.2, 0) is 6.42 Å². The average molecular weight is 179 g/mol. The topological polar surface area (TPSA) is 38.9 Å². The predicted octanol–water partition coefficient (Wildman–Crippen LogP) is 1.37. The van der Waals surface area contributed by atoms with Gasteiger partial charge in [0, 0.05) is 17.5 Å². The van der Waals surface area contributed by atoms with Gasteiger partial charge in [0.1, 0.15) is 0 Å². The Labute approximate surface area is 70.9 Å². The van der Waals surface area contributed by atoms with Crippen LogP contribution in [0.1, 0.15) is 10.7 Å². The van der Waals surface area contributed by atoms with Gasteiger partial charge >= 0.3 is 0 Å². The van der Waals surface area contributed by atoms with Crippen LogP contribution in [0.15, 0.2) is 5.38 Å². The zero-order valence-electron chi connectivity index (χ0n) is 5.83. The maximum Gasteiger partial charge on any atom is 0.0940 e. The number of thiazole rings is 1. The molecule has 0 aliphatic carbocycles. The van der Waals surface area contributed by atoms with E-state index in [0.717, 1.165) is 17.1 Å². The van der Waals surface area contributed by atoms with E-state index in [0.29, 0.717) is 6.54 Å². The molecule has 0 radical (unpaired) electrons. The minimum Gasteiger partial charge on any atom is -0.330 e. The highest BCUT2D eigenvalue weighted by Gasteiger charge is 1.94. The molecule has 0 aliphatic heterocycles. The summed E-state index contributed by atoms with van der Waals surface area (Å²) in [5.74, 6) is 0. The van der Waals surface area contributed by atoms with Crippen molar-refractivity contribution in [3.05, 3.63) is 16.1 Å². The van der Waals surface area contributed by atoms with Crippen molar-refractivity contribution in [3.63, 3.8) is 0 Å². The van der Waals surface area contributed by atoms with Gasteiger partial charge in [-0.3, -0.25) is 0 Å². The van der Waals surface area contributed by atoms with E-state index in [1.54, 1.807) is 11.3 Å². The maximum absolute atomic E-state index is 5.34. The fourth-order valence-corrected chi connectivity index (χ4v) is 1.43. The second kappa shape index (κ2) is 4.66. The van der Waals surface area contributed by atoms with Gasteiger partial charge in [0.05, 0.1) is 5.01 Å². The van der Waals surface area contributed by atoms with Gasteiger partial charge in [-0.15, -0.1) is 23.7 Å². The number of rotatable bonds is 2. The van der Waals surface area contributed by atoms with E-state index in [9.17, 15) is 0 Å². The van der Waals surface area contributed by atoms with Crippen molar-refractivity contribution in [2.75, 3.05) is 6.54 Å². The molecule has 1 aromatic rings. The molecule has 0 bridgehead atoms. The normalized spacial score (nSPS) is 9.00. The average Bonchev–Trinajstić information content (AvgIpc) is 2.17. The van der Waals surface area contributed by atoms with Crippen LogP contribution in [0.4, 0.5) is 0 Å². The van der Waals surface area contributed by atoms with Gasteiger partial charge in [-0.2, -0.15) is 0 Å². The molecule has 58 valence electrons. The Hall–Kier alpha value is -0.120. The summed E-state index contributed by atoms with van der Waals surface area (Å²) >= 11 is 1.68. The summed E-state index contributed by atoms with van der Waals surface area (Å²) in [5, 5.41) is 3.19. The highest BCUT2D eigenvalue weighted by molar-refractivity contribution is 7.09. The van der Waals surface area contributed by atoms with Crippen LogP contribution in [-0.4, -0.2) is 11.5 Å². The molecule has 0 saturated heterocycles. The Morgan fingerprint density at radius 1 is 1.70 bits per heavy atom. The Balaban J connectivity index is 0.000000810. The van der Waals surface area contributed by atoms with E-state index in [-0.39, 0.29) is 12.4 Å². The first-order valence-electron chi connectivity index (χ1n) is 2.94. The van der Waals surface area contributed by atoms with Gasteiger partial charge in [0.15, 0.2) is 0 Å². The molecule has 0 aromatic carbocycles. The molecule has 0 aliphatic rings. The van der Waals surface area contributed by atoms with Crippen molar-refractivity contribution in [2.45, 2.75) is 13.3 Å². The van der Waals surface area contributed by atoms with Crippen LogP contribution in [0.3, 0.4) is 0 Å². The molecule has 0 fully saturated rings. The van der Waals surface area contributed by atoms with Gasteiger partial charge in [0.2, 0.25) is 0 Å². The number of halogens is 1. The van der Waals surface area contributed by atoms with Crippen LogP contribution in [0.2, 0.25) is 0 Å². The van der Waals surface area contributed by atoms with Crippen LogP contribution >= 0.6 is 23.7 Å². The number of nitrogens with zero attached hydrogens (tertiary/aromatic N) is 1. The third kappa shape index (κ3) is 2.64. The van der Waals surface area contributed by atoms with Crippen molar-refractivity contribution >= 4 is 23.7 Å². The third-order valence-electron chi connectivity index (χ3n) is 1.02. The molecular formula is C6H11ClN2S. The zero-order chi connectivity index (χ0) is 6.69. The number of hydrogen-bond donors (Lipinski definition) is 1. The lowest BCUT2D eigenvalue weighted by Crippen LogP contribution is -2.01. The van der Waals surface area contributed by atoms with E-state index < -0.39 is 0 Å². The fraction of sp³-hybridized carbons (Fsp3) is 0.500. The molecule has 0 unspecified atom stereocenters. The zero-order valence-corrected chi connectivity index (χ0v) is 7.47. The number of nitrogens with two attached hydrogens (primary N) is 1. The van der Waals surface area contributed by atoms with Crippen LogP contribution in [0.5, 0.6) is 0 Å². The minimum atomic E-state index is 0.